The summed E-state index contributed by atoms with van der Waals surface area (Å²) in [5.74, 6) is -0.374. The molecule has 1 aromatic heterocycles. The monoisotopic (exact) mass is 252 g/mol. The van der Waals surface area contributed by atoms with E-state index in [1.807, 2.05) is 0 Å². The molecule has 0 spiro atoms. The molecule has 1 N–H and O–H groups in total. The SMILES string of the molecule is Cc1cc(/C=C(\O)C(Cl)(Cl)Cl)ncn1. The highest BCUT2D eigenvalue weighted by Crippen LogP contribution is 2.33. The summed E-state index contributed by atoms with van der Waals surface area (Å²) in [5.41, 5.74) is 1.25. The number of aliphatic hydroxyl groups is 1. The Morgan fingerprint density at radius 3 is 2.57 bits per heavy atom. The third kappa shape index (κ3) is 3.33. The van der Waals surface area contributed by atoms with E-state index in [4.69, 9.17) is 34.8 Å². The van der Waals surface area contributed by atoms with Crippen molar-refractivity contribution in [2.45, 2.75) is 10.7 Å². The van der Waals surface area contributed by atoms with Gasteiger partial charge in [-0.2, -0.15) is 0 Å². The molecule has 1 rings (SSSR count). The fourth-order valence-electron chi connectivity index (χ4n) is 0.776. The number of aromatic nitrogens is 2. The third-order valence-electron chi connectivity index (χ3n) is 1.40. The van der Waals surface area contributed by atoms with Crippen LogP contribution in [0.1, 0.15) is 11.4 Å². The molecule has 3 nitrogen and oxygen atoms in total. The molecule has 0 radical (unpaired) electrons. The summed E-state index contributed by atoms with van der Waals surface area (Å²) in [6, 6.07) is 1.66. The summed E-state index contributed by atoms with van der Waals surface area (Å²) in [5, 5.41) is 9.33. The molecule has 0 fully saturated rings. The molecule has 0 unspecified atom stereocenters. The molecule has 14 heavy (non-hydrogen) atoms. The Balaban J connectivity index is 2.98. The molecule has 0 aliphatic rings. The van der Waals surface area contributed by atoms with Gasteiger partial charge in [0.25, 0.3) is 0 Å². The number of hydrogen-bond acceptors (Lipinski definition) is 3. The summed E-state index contributed by atoms with van der Waals surface area (Å²) in [6.45, 7) is 1.80. The molecule has 0 bridgehead atoms. The molecule has 0 atom stereocenters. The molecule has 1 aromatic rings. The van der Waals surface area contributed by atoms with Gasteiger partial charge in [-0.3, -0.25) is 0 Å². The zero-order valence-electron chi connectivity index (χ0n) is 7.21. The van der Waals surface area contributed by atoms with Crippen LogP contribution in [-0.2, 0) is 0 Å². The lowest BCUT2D eigenvalue weighted by atomic mass is 10.3. The van der Waals surface area contributed by atoms with Crippen molar-refractivity contribution in [2.75, 3.05) is 0 Å². The van der Waals surface area contributed by atoms with E-state index in [1.54, 1.807) is 13.0 Å². The van der Waals surface area contributed by atoms with Crippen LogP contribution in [0.4, 0.5) is 0 Å². The van der Waals surface area contributed by atoms with Crippen molar-refractivity contribution in [3.05, 3.63) is 29.5 Å². The van der Waals surface area contributed by atoms with Crippen LogP contribution in [0.5, 0.6) is 0 Å². The molecule has 0 aliphatic heterocycles. The van der Waals surface area contributed by atoms with Crippen molar-refractivity contribution < 1.29 is 5.11 Å². The molecule has 1 heterocycles. The van der Waals surface area contributed by atoms with Crippen molar-refractivity contribution in [2.24, 2.45) is 0 Å². The zero-order chi connectivity index (χ0) is 10.8. The van der Waals surface area contributed by atoms with Crippen LogP contribution in [-0.4, -0.2) is 18.9 Å². The summed E-state index contributed by atoms with van der Waals surface area (Å²) in [6.07, 6.45) is 2.65. The van der Waals surface area contributed by atoms with Crippen LogP contribution in [0.3, 0.4) is 0 Å². The quantitative estimate of drug-likeness (QED) is 0.618. The van der Waals surface area contributed by atoms with Gasteiger partial charge in [-0.25, -0.2) is 9.97 Å². The maximum atomic E-state index is 9.33. The van der Waals surface area contributed by atoms with E-state index in [0.29, 0.717) is 5.69 Å². The Kier molecular flexibility index (Phi) is 3.59. The van der Waals surface area contributed by atoms with Crippen LogP contribution < -0.4 is 0 Å². The van der Waals surface area contributed by atoms with E-state index in [9.17, 15) is 5.11 Å². The molecule has 0 saturated heterocycles. The Morgan fingerprint density at radius 1 is 1.43 bits per heavy atom. The molecular weight excluding hydrogens is 246 g/mol. The smallest absolute Gasteiger partial charge is 0.247 e. The van der Waals surface area contributed by atoms with Gasteiger partial charge in [0.05, 0.1) is 5.69 Å². The van der Waals surface area contributed by atoms with Gasteiger partial charge >= 0.3 is 0 Å². The lowest BCUT2D eigenvalue weighted by molar-refractivity contribution is 0.407. The summed E-state index contributed by atoms with van der Waals surface area (Å²) in [7, 11) is 0. The molecule has 0 saturated carbocycles. The Bertz CT molecular complexity index is 360. The van der Waals surface area contributed by atoms with E-state index >= 15 is 0 Å². The van der Waals surface area contributed by atoms with E-state index < -0.39 is 3.79 Å². The highest BCUT2D eigenvalue weighted by molar-refractivity contribution is 6.69. The van der Waals surface area contributed by atoms with Crippen LogP contribution in [0.2, 0.25) is 0 Å². The van der Waals surface area contributed by atoms with E-state index in [-0.39, 0.29) is 5.76 Å². The minimum atomic E-state index is -1.82. The second kappa shape index (κ2) is 4.34. The van der Waals surface area contributed by atoms with Gasteiger partial charge < -0.3 is 5.11 Å². The van der Waals surface area contributed by atoms with Crippen molar-refractivity contribution in [1.82, 2.24) is 9.97 Å². The van der Waals surface area contributed by atoms with Crippen LogP contribution >= 0.6 is 34.8 Å². The maximum Gasteiger partial charge on any atom is 0.247 e. The van der Waals surface area contributed by atoms with E-state index in [2.05, 4.69) is 9.97 Å². The molecule has 6 heteroatoms. The first-order valence-electron chi connectivity index (χ1n) is 3.66. The highest BCUT2D eigenvalue weighted by atomic mass is 35.6. The van der Waals surface area contributed by atoms with Crippen molar-refractivity contribution >= 4 is 40.9 Å². The summed E-state index contributed by atoms with van der Waals surface area (Å²) < 4.78 is -1.82. The fourth-order valence-corrected chi connectivity index (χ4v) is 0.940. The summed E-state index contributed by atoms with van der Waals surface area (Å²) >= 11 is 16.3. The van der Waals surface area contributed by atoms with Crippen molar-refractivity contribution in [1.29, 1.82) is 0 Å². The van der Waals surface area contributed by atoms with Gasteiger partial charge in [0.1, 0.15) is 12.1 Å². The predicted octanol–water partition coefficient (Wildman–Crippen LogP) is 3.05. The lowest BCUT2D eigenvalue weighted by Crippen LogP contribution is -2.06. The standard InChI is InChI=1S/C8H7Cl3N2O/c1-5-2-6(13-4-12-5)3-7(14)8(9,10)11/h2-4,14H,1H3/b7-3-. The molecule has 0 aliphatic carbocycles. The number of alkyl halides is 3. The van der Waals surface area contributed by atoms with Gasteiger partial charge in [-0.15, -0.1) is 0 Å². The average Bonchev–Trinajstić information content (AvgIpc) is 2.02. The first-order chi connectivity index (χ1) is 6.39. The van der Waals surface area contributed by atoms with Crippen molar-refractivity contribution in [3.63, 3.8) is 0 Å². The van der Waals surface area contributed by atoms with E-state index in [0.717, 1.165) is 5.69 Å². The summed E-state index contributed by atoms with van der Waals surface area (Å²) in [4.78, 5) is 7.76. The highest BCUT2D eigenvalue weighted by Gasteiger charge is 2.25. The molecule has 0 amide bonds. The average molecular weight is 254 g/mol. The minimum Gasteiger partial charge on any atom is -0.508 e. The number of hydrogen-bond donors (Lipinski definition) is 1. The maximum absolute atomic E-state index is 9.33. The first kappa shape index (κ1) is 11.6. The Morgan fingerprint density at radius 2 is 2.07 bits per heavy atom. The lowest BCUT2D eigenvalue weighted by Gasteiger charge is -2.08. The largest absolute Gasteiger partial charge is 0.508 e. The molecule has 76 valence electrons. The van der Waals surface area contributed by atoms with Crippen molar-refractivity contribution in [3.8, 4) is 0 Å². The normalized spacial score (nSPS) is 13.0. The number of allylic oxidation sites excluding steroid dienone is 1. The Hall–Kier alpha value is -0.510. The van der Waals surface area contributed by atoms with Gasteiger partial charge in [0.15, 0.2) is 0 Å². The van der Waals surface area contributed by atoms with Crippen LogP contribution in [0.15, 0.2) is 18.2 Å². The topological polar surface area (TPSA) is 46.0 Å². The van der Waals surface area contributed by atoms with Gasteiger partial charge in [-0.05, 0) is 13.0 Å². The third-order valence-corrected chi connectivity index (χ3v) is 1.98. The van der Waals surface area contributed by atoms with Gasteiger partial charge in [-0.1, -0.05) is 34.8 Å². The zero-order valence-corrected chi connectivity index (χ0v) is 9.48. The molecular formula is C8H7Cl3N2O. The van der Waals surface area contributed by atoms with Gasteiger partial charge in [0.2, 0.25) is 3.79 Å². The fraction of sp³-hybridized carbons (Fsp3) is 0.250. The number of aliphatic hydroxyl groups excluding tert-OH is 1. The second-order valence-electron chi connectivity index (χ2n) is 2.61. The van der Waals surface area contributed by atoms with Gasteiger partial charge in [0, 0.05) is 11.8 Å². The first-order valence-corrected chi connectivity index (χ1v) is 4.79. The molecule has 0 aromatic carbocycles. The number of aryl methyl sites for hydroxylation is 1. The van der Waals surface area contributed by atoms with Crippen LogP contribution in [0.25, 0.3) is 6.08 Å². The minimum absolute atomic E-state index is 0.374. The second-order valence-corrected chi connectivity index (χ2v) is 4.89. The van der Waals surface area contributed by atoms with Crippen LogP contribution in [0, 0.1) is 6.92 Å². The predicted molar refractivity (Wildman–Crippen MR) is 57.7 cm³/mol. The number of nitrogens with zero attached hydrogens (tertiary/aromatic N) is 2. The Labute approximate surface area is 96.3 Å². The number of rotatable bonds is 1. The van der Waals surface area contributed by atoms with E-state index in [1.165, 1.54) is 12.4 Å². The number of halogens is 3.